The van der Waals surface area contributed by atoms with Gasteiger partial charge in [0.15, 0.2) is 0 Å². The second-order valence-corrected chi connectivity index (χ2v) is 11.3. The molecule has 0 aliphatic heterocycles. The zero-order valence-corrected chi connectivity index (χ0v) is 23.5. The number of methoxy groups -OCH3 is 1. The first-order chi connectivity index (χ1) is 18.4. The summed E-state index contributed by atoms with van der Waals surface area (Å²) in [6.07, 6.45) is 0. The largest absolute Gasteiger partial charge is 0.497 e. The van der Waals surface area contributed by atoms with Crippen LogP contribution in [0.4, 0.5) is 10.1 Å². The van der Waals surface area contributed by atoms with Gasteiger partial charge in [0.25, 0.3) is 10.0 Å². The van der Waals surface area contributed by atoms with E-state index in [1.54, 1.807) is 50.2 Å². The van der Waals surface area contributed by atoms with E-state index < -0.39 is 40.2 Å². The molecule has 1 atom stereocenters. The number of halogens is 1. The monoisotopic (exact) mass is 555 g/mol. The molecule has 0 aromatic heterocycles. The number of hydrogen-bond donors (Lipinski definition) is 1. The topological polar surface area (TPSA) is 96.0 Å². The smallest absolute Gasteiger partial charge is 0.264 e. The molecule has 0 bridgehead atoms. The fraction of sp³-hybridized carbons (Fsp3) is 0.310. The number of ether oxygens (including phenoxy) is 1. The standard InChI is InChI=1S/C29H34FN3O5S/c1-20(2)31-29(35)22(4)32(18-23-9-6-7-12-27(23)30)28(34)19-33(24-10-8-11-25(17-24)38-5)39(36,37)26-15-13-21(3)14-16-26/h6-17,20,22H,18-19H2,1-5H3,(H,31,35)/t22-/m1/s1. The van der Waals surface area contributed by atoms with Crippen molar-refractivity contribution >= 4 is 27.5 Å². The predicted molar refractivity (Wildman–Crippen MR) is 148 cm³/mol. The molecule has 208 valence electrons. The zero-order chi connectivity index (χ0) is 28.7. The first kappa shape index (κ1) is 29.6. The van der Waals surface area contributed by atoms with Gasteiger partial charge in [-0.25, -0.2) is 12.8 Å². The van der Waals surface area contributed by atoms with Gasteiger partial charge in [0.1, 0.15) is 24.2 Å². The van der Waals surface area contributed by atoms with Gasteiger partial charge in [0.2, 0.25) is 11.8 Å². The summed E-state index contributed by atoms with van der Waals surface area (Å²) in [7, 11) is -2.76. The van der Waals surface area contributed by atoms with E-state index in [0.29, 0.717) is 5.75 Å². The Morgan fingerprint density at radius 2 is 1.64 bits per heavy atom. The van der Waals surface area contributed by atoms with Crippen molar-refractivity contribution < 1.29 is 27.1 Å². The number of carbonyl (C=O) groups is 2. The lowest BCUT2D eigenvalue weighted by molar-refractivity contribution is -0.139. The molecule has 3 aromatic carbocycles. The van der Waals surface area contributed by atoms with Gasteiger partial charge in [-0.05, 0) is 58.0 Å². The molecule has 3 rings (SSSR count). The molecule has 0 aliphatic carbocycles. The van der Waals surface area contributed by atoms with Crippen molar-refractivity contribution in [3.05, 3.63) is 89.7 Å². The summed E-state index contributed by atoms with van der Waals surface area (Å²) in [6.45, 7) is 6.08. The van der Waals surface area contributed by atoms with Crippen molar-refractivity contribution in [2.24, 2.45) is 0 Å². The number of benzene rings is 3. The highest BCUT2D eigenvalue weighted by Crippen LogP contribution is 2.28. The van der Waals surface area contributed by atoms with Crippen molar-refractivity contribution in [3.63, 3.8) is 0 Å². The van der Waals surface area contributed by atoms with Gasteiger partial charge in [0.05, 0.1) is 17.7 Å². The molecule has 2 amide bonds. The molecule has 0 heterocycles. The summed E-state index contributed by atoms with van der Waals surface area (Å²) in [5, 5.41) is 2.76. The summed E-state index contributed by atoms with van der Waals surface area (Å²) in [6, 6.07) is 17.4. The van der Waals surface area contributed by atoms with Crippen molar-refractivity contribution in [3.8, 4) is 5.75 Å². The number of hydrogen-bond acceptors (Lipinski definition) is 5. The van der Waals surface area contributed by atoms with Crippen molar-refractivity contribution in [1.29, 1.82) is 0 Å². The second kappa shape index (κ2) is 12.8. The Hall–Kier alpha value is -3.92. The molecule has 0 aliphatic rings. The quantitative estimate of drug-likeness (QED) is 0.381. The van der Waals surface area contributed by atoms with Crippen LogP contribution in [0.1, 0.15) is 31.9 Å². The van der Waals surface area contributed by atoms with E-state index in [0.717, 1.165) is 9.87 Å². The second-order valence-electron chi connectivity index (χ2n) is 9.48. The fourth-order valence-corrected chi connectivity index (χ4v) is 5.34. The predicted octanol–water partition coefficient (Wildman–Crippen LogP) is 4.28. The third kappa shape index (κ3) is 7.35. The number of aryl methyl sites for hydroxylation is 1. The van der Waals surface area contributed by atoms with Crippen LogP contribution in [0.15, 0.2) is 77.7 Å². The Balaban J connectivity index is 2.06. The lowest BCUT2D eigenvalue weighted by Gasteiger charge is -2.32. The lowest BCUT2D eigenvalue weighted by atomic mass is 10.1. The van der Waals surface area contributed by atoms with Crippen LogP contribution in [0.5, 0.6) is 5.75 Å². The summed E-state index contributed by atoms with van der Waals surface area (Å²) in [4.78, 5) is 27.9. The minimum absolute atomic E-state index is 0.00465. The van der Waals surface area contributed by atoms with Gasteiger partial charge in [-0.3, -0.25) is 13.9 Å². The van der Waals surface area contributed by atoms with Gasteiger partial charge < -0.3 is 15.0 Å². The van der Waals surface area contributed by atoms with Gasteiger partial charge in [-0.15, -0.1) is 0 Å². The molecule has 10 heteroatoms. The van der Waals surface area contributed by atoms with Crippen LogP contribution in [0.25, 0.3) is 0 Å². The Labute approximate surface area is 229 Å². The maximum absolute atomic E-state index is 14.6. The van der Waals surface area contributed by atoms with Crippen molar-refractivity contribution in [1.82, 2.24) is 10.2 Å². The van der Waals surface area contributed by atoms with E-state index in [1.807, 2.05) is 6.92 Å². The highest BCUT2D eigenvalue weighted by Gasteiger charge is 2.33. The Kier molecular flexibility index (Phi) is 9.69. The third-order valence-corrected chi connectivity index (χ3v) is 7.91. The molecule has 0 fully saturated rings. The first-order valence-electron chi connectivity index (χ1n) is 12.5. The number of anilines is 1. The number of amides is 2. The third-order valence-electron chi connectivity index (χ3n) is 6.13. The average Bonchev–Trinajstić information content (AvgIpc) is 2.90. The number of rotatable bonds is 11. The Morgan fingerprint density at radius 1 is 0.974 bits per heavy atom. The van der Waals surface area contributed by atoms with E-state index in [-0.39, 0.29) is 28.7 Å². The lowest BCUT2D eigenvalue weighted by Crippen LogP contribution is -2.52. The minimum Gasteiger partial charge on any atom is -0.497 e. The molecular weight excluding hydrogens is 521 g/mol. The van der Waals surface area contributed by atoms with Gasteiger partial charge in [-0.2, -0.15) is 0 Å². The van der Waals surface area contributed by atoms with Crippen LogP contribution in [0.2, 0.25) is 0 Å². The van der Waals surface area contributed by atoms with Crippen LogP contribution in [-0.4, -0.2) is 50.9 Å². The number of sulfonamides is 1. The normalized spacial score (nSPS) is 12.1. The highest BCUT2D eigenvalue weighted by molar-refractivity contribution is 7.92. The minimum atomic E-state index is -4.21. The Bertz CT molecular complexity index is 1410. The van der Waals surface area contributed by atoms with Crippen LogP contribution in [0.3, 0.4) is 0 Å². The molecule has 0 radical (unpaired) electrons. The number of carbonyl (C=O) groups excluding carboxylic acids is 2. The maximum Gasteiger partial charge on any atom is 0.264 e. The number of nitrogens with zero attached hydrogens (tertiary/aromatic N) is 2. The fourth-order valence-electron chi connectivity index (χ4n) is 3.93. The highest BCUT2D eigenvalue weighted by atomic mass is 32.2. The summed E-state index contributed by atoms with van der Waals surface area (Å²) in [5.74, 6) is -1.26. The van der Waals surface area contributed by atoms with Gasteiger partial charge in [-0.1, -0.05) is 42.0 Å². The molecule has 3 aromatic rings. The van der Waals surface area contributed by atoms with Crippen LogP contribution >= 0.6 is 0 Å². The molecule has 39 heavy (non-hydrogen) atoms. The SMILES string of the molecule is COc1cccc(N(CC(=O)N(Cc2ccccc2F)[C@H](C)C(=O)NC(C)C)S(=O)(=O)c2ccc(C)cc2)c1. The molecule has 0 spiro atoms. The van der Waals surface area contributed by atoms with Crippen LogP contribution < -0.4 is 14.4 Å². The molecule has 0 saturated heterocycles. The average molecular weight is 556 g/mol. The van der Waals surface area contributed by atoms with Gasteiger partial charge >= 0.3 is 0 Å². The van der Waals surface area contributed by atoms with E-state index in [2.05, 4.69) is 5.32 Å². The summed E-state index contributed by atoms with van der Waals surface area (Å²) >= 11 is 0. The van der Waals surface area contributed by atoms with Crippen LogP contribution in [-0.2, 0) is 26.2 Å². The first-order valence-corrected chi connectivity index (χ1v) is 13.9. The Morgan fingerprint density at radius 3 is 2.26 bits per heavy atom. The summed E-state index contributed by atoms with van der Waals surface area (Å²) in [5.41, 5.74) is 1.27. The van der Waals surface area contributed by atoms with E-state index >= 15 is 0 Å². The molecular formula is C29H34FN3O5S. The molecule has 0 saturated carbocycles. The zero-order valence-electron chi connectivity index (χ0n) is 22.7. The van der Waals surface area contributed by atoms with Crippen molar-refractivity contribution in [2.45, 2.75) is 51.2 Å². The summed E-state index contributed by atoms with van der Waals surface area (Å²) < 4.78 is 48.5. The molecule has 0 unspecified atom stereocenters. The van der Waals surface area contributed by atoms with Crippen LogP contribution in [0, 0.1) is 12.7 Å². The van der Waals surface area contributed by atoms with Crippen molar-refractivity contribution in [2.75, 3.05) is 18.0 Å². The van der Waals surface area contributed by atoms with Gasteiger partial charge in [0, 0.05) is 24.2 Å². The molecule has 8 nitrogen and oxygen atoms in total. The van der Waals surface area contributed by atoms with E-state index in [9.17, 15) is 22.4 Å². The number of nitrogens with one attached hydrogen (secondary N) is 1. The maximum atomic E-state index is 14.6. The molecule has 1 N–H and O–H groups in total. The van der Waals surface area contributed by atoms with E-state index in [1.165, 1.54) is 55.3 Å². The van der Waals surface area contributed by atoms with E-state index in [4.69, 9.17) is 4.74 Å².